The number of nitrogens with zero attached hydrogens (tertiary/aromatic N) is 4. The van der Waals surface area contributed by atoms with Crippen LogP contribution in [0.5, 0.6) is 0 Å². The van der Waals surface area contributed by atoms with E-state index in [2.05, 4.69) is 15.4 Å². The van der Waals surface area contributed by atoms with E-state index in [1.807, 2.05) is 39.9 Å². The van der Waals surface area contributed by atoms with E-state index in [1.54, 1.807) is 0 Å². The van der Waals surface area contributed by atoms with E-state index in [-0.39, 0.29) is 24.3 Å². The van der Waals surface area contributed by atoms with Gasteiger partial charge in [-0.2, -0.15) is 5.10 Å². The van der Waals surface area contributed by atoms with E-state index >= 15 is 0 Å². The minimum absolute atomic E-state index is 0.0396. The maximum Gasteiger partial charge on any atom is 0.230 e. The number of carbonyl (C=O) groups excluding carboxylic acids is 2. The molecule has 2 aliphatic rings. The van der Waals surface area contributed by atoms with Gasteiger partial charge in [0, 0.05) is 45.1 Å². The molecule has 1 aromatic carbocycles. The number of rotatable bonds is 7. The van der Waals surface area contributed by atoms with Crippen molar-refractivity contribution in [3.8, 4) is 0 Å². The molecule has 29 heavy (non-hydrogen) atoms. The summed E-state index contributed by atoms with van der Waals surface area (Å²) in [4.78, 5) is 32.0. The molecule has 1 unspecified atom stereocenters. The lowest BCUT2D eigenvalue weighted by Crippen LogP contribution is -2.66. The standard InChI is InChI=1S/C21H27N5O3/c27-10-4-8-22-20(29)21(12-16-5-2-1-3-6-16)13-25(14-21)19(28)17-7-9-26-18(11-17)23-15-24-26/h1-3,5-6,15,17,27H,4,7-14H2,(H,22,29). The molecule has 0 spiro atoms. The molecule has 8 nitrogen and oxygen atoms in total. The van der Waals surface area contributed by atoms with Crippen LogP contribution in [0.15, 0.2) is 36.7 Å². The monoisotopic (exact) mass is 397 g/mol. The number of fused-ring (bicyclic) bond motifs is 1. The van der Waals surface area contributed by atoms with Crippen LogP contribution in [-0.2, 0) is 29.0 Å². The number of aliphatic hydroxyl groups excluding tert-OH is 1. The first kappa shape index (κ1) is 19.6. The van der Waals surface area contributed by atoms with Crippen molar-refractivity contribution in [1.29, 1.82) is 0 Å². The third-order valence-electron chi connectivity index (χ3n) is 5.95. The van der Waals surface area contributed by atoms with Crippen LogP contribution in [0.2, 0.25) is 0 Å². The Morgan fingerprint density at radius 2 is 2.03 bits per heavy atom. The molecule has 2 N–H and O–H groups in total. The fraction of sp³-hybridized carbons (Fsp3) is 0.524. The van der Waals surface area contributed by atoms with Gasteiger partial charge in [-0.15, -0.1) is 0 Å². The highest BCUT2D eigenvalue weighted by atomic mass is 16.3. The zero-order valence-corrected chi connectivity index (χ0v) is 16.5. The van der Waals surface area contributed by atoms with Crippen LogP contribution < -0.4 is 5.32 Å². The van der Waals surface area contributed by atoms with Gasteiger partial charge in [0.15, 0.2) is 0 Å². The third-order valence-corrected chi connectivity index (χ3v) is 5.95. The number of hydrogen-bond donors (Lipinski definition) is 2. The third kappa shape index (κ3) is 4.03. The van der Waals surface area contributed by atoms with Gasteiger partial charge in [-0.25, -0.2) is 4.98 Å². The minimum Gasteiger partial charge on any atom is -0.396 e. The fourth-order valence-corrected chi connectivity index (χ4v) is 4.33. The largest absolute Gasteiger partial charge is 0.396 e. The quantitative estimate of drug-likeness (QED) is 0.659. The van der Waals surface area contributed by atoms with Gasteiger partial charge in [0.05, 0.1) is 5.41 Å². The molecule has 4 rings (SSSR count). The number of amides is 2. The van der Waals surface area contributed by atoms with Crippen molar-refractivity contribution in [2.45, 2.75) is 32.2 Å². The molecule has 1 saturated heterocycles. The van der Waals surface area contributed by atoms with E-state index in [0.29, 0.717) is 45.4 Å². The van der Waals surface area contributed by atoms with Crippen molar-refractivity contribution in [1.82, 2.24) is 25.0 Å². The van der Waals surface area contributed by atoms with Crippen molar-refractivity contribution in [2.75, 3.05) is 26.2 Å². The van der Waals surface area contributed by atoms with Gasteiger partial charge in [-0.1, -0.05) is 30.3 Å². The summed E-state index contributed by atoms with van der Waals surface area (Å²) in [5.41, 5.74) is 0.476. The van der Waals surface area contributed by atoms with Crippen molar-refractivity contribution in [3.63, 3.8) is 0 Å². The topological polar surface area (TPSA) is 100 Å². The molecule has 1 fully saturated rings. The minimum atomic E-state index is -0.610. The molecular weight excluding hydrogens is 370 g/mol. The lowest BCUT2D eigenvalue weighted by Gasteiger charge is -2.50. The highest BCUT2D eigenvalue weighted by molar-refractivity contribution is 5.88. The van der Waals surface area contributed by atoms with E-state index in [1.165, 1.54) is 6.33 Å². The first-order chi connectivity index (χ1) is 14.1. The average Bonchev–Trinajstić information content (AvgIpc) is 3.18. The van der Waals surface area contributed by atoms with Crippen LogP contribution in [0.4, 0.5) is 0 Å². The molecule has 0 bridgehead atoms. The number of aromatic nitrogens is 3. The SMILES string of the molecule is O=C(C1CCn2ncnc2C1)N1CC(Cc2ccccc2)(C(=O)NCCCO)C1. The highest BCUT2D eigenvalue weighted by Gasteiger charge is 2.51. The smallest absolute Gasteiger partial charge is 0.230 e. The molecule has 2 aromatic rings. The summed E-state index contributed by atoms with van der Waals surface area (Å²) >= 11 is 0. The molecular formula is C21H27N5O3. The highest BCUT2D eigenvalue weighted by Crippen LogP contribution is 2.36. The molecule has 154 valence electrons. The Balaban J connectivity index is 1.42. The number of benzene rings is 1. The Labute approximate surface area is 169 Å². The number of carbonyl (C=O) groups is 2. The summed E-state index contributed by atoms with van der Waals surface area (Å²) < 4.78 is 1.86. The summed E-state index contributed by atoms with van der Waals surface area (Å²) in [5.74, 6) is 0.819. The first-order valence-electron chi connectivity index (χ1n) is 10.2. The second kappa shape index (κ2) is 8.32. The van der Waals surface area contributed by atoms with Gasteiger partial charge < -0.3 is 15.3 Å². The van der Waals surface area contributed by atoms with Crippen LogP contribution in [0.3, 0.4) is 0 Å². The molecule has 2 amide bonds. The number of likely N-dealkylation sites (tertiary alicyclic amines) is 1. The average molecular weight is 397 g/mol. The summed E-state index contributed by atoms with van der Waals surface area (Å²) in [6.45, 7) is 2.04. The van der Waals surface area contributed by atoms with E-state index in [0.717, 1.165) is 17.8 Å². The fourth-order valence-electron chi connectivity index (χ4n) is 4.33. The van der Waals surface area contributed by atoms with Gasteiger partial charge in [-0.3, -0.25) is 14.3 Å². The molecule has 1 aromatic heterocycles. The van der Waals surface area contributed by atoms with Gasteiger partial charge in [-0.05, 0) is 24.8 Å². The van der Waals surface area contributed by atoms with Gasteiger partial charge in [0.25, 0.3) is 0 Å². The zero-order valence-electron chi connectivity index (χ0n) is 16.5. The second-order valence-corrected chi connectivity index (χ2v) is 8.06. The molecule has 0 radical (unpaired) electrons. The van der Waals surface area contributed by atoms with E-state index in [9.17, 15) is 9.59 Å². The lowest BCUT2D eigenvalue weighted by molar-refractivity contribution is -0.157. The molecule has 0 saturated carbocycles. The Morgan fingerprint density at radius 1 is 1.24 bits per heavy atom. The Hall–Kier alpha value is -2.74. The van der Waals surface area contributed by atoms with E-state index in [4.69, 9.17) is 5.11 Å². The first-order valence-corrected chi connectivity index (χ1v) is 10.2. The van der Waals surface area contributed by atoms with Gasteiger partial charge in [0.2, 0.25) is 11.8 Å². The van der Waals surface area contributed by atoms with Crippen molar-refractivity contribution in [2.24, 2.45) is 11.3 Å². The molecule has 2 aliphatic heterocycles. The van der Waals surface area contributed by atoms with Crippen molar-refractivity contribution < 1.29 is 14.7 Å². The predicted molar refractivity (Wildman–Crippen MR) is 106 cm³/mol. The summed E-state index contributed by atoms with van der Waals surface area (Å²) in [6, 6.07) is 9.91. The van der Waals surface area contributed by atoms with Crippen LogP contribution >= 0.6 is 0 Å². The molecule has 3 heterocycles. The summed E-state index contributed by atoms with van der Waals surface area (Å²) in [7, 11) is 0. The lowest BCUT2D eigenvalue weighted by atomic mass is 9.73. The number of nitrogens with one attached hydrogen (secondary N) is 1. The van der Waals surface area contributed by atoms with Crippen LogP contribution in [0.25, 0.3) is 0 Å². The number of aryl methyl sites for hydroxylation is 1. The van der Waals surface area contributed by atoms with Gasteiger partial charge >= 0.3 is 0 Å². The Bertz CT molecular complexity index is 860. The van der Waals surface area contributed by atoms with Crippen LogP contribution in [0.1, 0.15) is 24.2 Å². The van der Waals surface area contributed by atoms with Crippen molar-refractivity contribution in [3.05, 3.63) is 48.0 Å². The number of hydrogen-bond acceptors (Lipinski definition) is 5. The Morgan fingerprint density at radius 3 is 2.79 bits per heavy atom. The van der Waals surface area contributed by atoms with Crippen LogP contribution in [-0.4, -0.2) is 62.8 Å². The van der Waals surface area contributed by atoms with Crippen LogP contribution in [0, 0.1) is 11.3 Å². The second-order valence-electron chi connectivity index (χ2n) is 8.06. The zero-order chi connectivity index (χ0) is 20.3. The van der Waals surface area contributed by atoms with Gasteiger partial charge in [0.1, 0.15) is 12.2 Å². The molecule has 0 aliphatic carbocycles. The Kier molecular flexibility index (Phi) is 5.62. The summed E-state index contributed by atoms with van der Waals surface area (Å²) in [6.07, 6.45) is 4.01. The maximum atomic E-state index is 13.0. The van der Waals surface area contributed by atoms with Crippen molar-refractivity contribution >= 4 is 11.8 Å². The molecule has 1 atom stereocenters. The maximum absolute atomic E-state index is 13.0. The summed E-state index contributed by atoms with van der Waals surface area (Å²) in [5, 5.41) is 16.1. The molecule has 8 heteroatoms. The number of aliphatic hydroxyl groups is 1. The normalized spacial score (nSPS) is 19.9. The van der Waals surface area contributed by atoms with E-state index < -0.39 is 5.41 Å². The predicted octanol–water partition coefficient (Wildman–Crippen LogP) is 0.410.